The van der Waals surface area contributed by atoms with Crippen molar-refractivity contribution < 1.29 is 0 Å². The minimum atomic E-state index is 0.730. The molecular formula is C13H13N3S. The first-order valence-corrected chi connectivity index (χ1v) is 6.40. The van der Waals surface area contributed by atoms with Gasteiger partial charge in [0.2, 0.25) is 0 Å². The largest absolute Gasteiger partial charge is 0.312 e. The van der Waals surface area contributed by atoms with Gasteiger partial charge in [-0.05, 0) is 11.6 Å². The molecule has 2 aromatic rings. The van der Waals surface area contributed by atoms with Gasteiger partial charge >= 0.3 is 0 Å². The van der Waals surface area contributed by atoms with E-state index in [1.165, 1.54) is 0 Å². The van der Waals surface area contributed by atoms with Gasteiger partial charge in [-0.3, -0.25) is 0 Å². The van der Waals surface area contributed by atoms with Crippen LogP contribution in [0.3, 0.4) is 0 Å². The highest BCUT2D eigenvalue weighted by molar-refractivity contribution is 7.07. The predicted octanol–water partition coefficient (Wildman–Crippen LogP) is 2.35. The molecule has 0 saturated carbocycles. The van der Waals surface area contributed by atoms with Crippen molar-refractivity contribution in [2.24, 2.45) is 0 Å². The Morgan fingerprint density at radius 1 is 1.35 bits per heavy atom. The first-order chi connectivity index (χ1) is 8.40. The van der Waals surface area contributed by atoms with Crippen LogP contribution in [-0.2, 0) is 13.0 Å². The first-order valence-electron chi connectivity index (χ1n) is 5.46. The number of nitriles is 1. The van der Waals surface area contributed by atoms with Crippen molar-refractivity contribution in [3.63, 3.8) is 0 Å². The summed E-state index contributed by atoms with van der Waals surface area (Å²) in [5.41, 5.74) is 4.76. The van der Waals surface area contributed by atoms with Crippen molar-refractivity contribution in [3.05, 3.63) is 52.0 Å². The Balaban J connectivity index is 1.80. The van der Waals surface area contributed by atoms with E-state index in [-0.39, 0.29) is 0 Å². The van der Waals surface area contributed by atoms with Gasteiger partial charge in [0.05, 0.1) is 22.8 Å². The Morgan fingerprint density at radius 3 is 3.00 bits per heavy atom. The lowest BCUT2D eigenvalue weighted by molar-refractivity contribution is 0.680. The van der Waals surface area contributed by atoms with E-state index in [0.717, 1.165) is 36.3 Å². The summed E-state index contributed by atoms with van der Waals surface area (Å²) in [4.78, 5) is 4.22. The van der Waals surface area contributed by atoms with Gasteiger partial charge in [-0.1, -0.05) is 18.2 Å². The van der Waals surface area contributed by atoms with E-state index >= 15 is 0 Å². The summed E-state index contributed by atoms with van der Waals surface area (Å²) in [5, 5.41) is 14.3. The average molecular weight is 243 g/mol. The van der Waals surface area contributed by atoms with Crippen molar-refractivity contribution in [1.29, 1.82) is 5.26 Å². The molecule has 0 unspecified atom stereocenters. The van der Waals surface area contributed by atoms with Crippen LogP contribution in [0, 0.1) is 11.3 Å². The second kappa shape index (κ2) is 6.14. The summed E-state index contributed by atoms with van der Waals surface area (Å²) in [6.07, 6.45) is 0.929. The molecular weight excluding hydrogens is 230 g/mol. The molecule has 3 nitrogen and oxygen atoms in total. The highest BCUT2D eigenvalue weighted by atomic mass is 32.1. The molecule has 1 aromatic carbocycles. The van der Waals surface area contributed by atoms with Crippen LogP contribution >= 0.6 is 11.3 Å². The third kappa shape index (κ3) is 3.38. The van der Waals surface area contributed by atoms with E-state index in [9.17, 15) is 0 Å². The molecule has 17 heavy (non-hydrogen) atoms. The van der Waals surface area contributed by atoms with E-state index in [2.05, 4.69) is 21.8 Å². The fourth-order valence-electron chi connectivity index (χ4n) is 1.58. The molecule has 0 bridgehead atoms. The van der Waals surface area contributed by atoms with Crippen LogP contribution in [0.5, 0.6) is 0 Å². The fraction of sp³-hybridized carbons (Fsp3) is 0.231. The molecule has 2 rings (SSSR count). The van der Waals surface area contributed by atoms with Gasteiger partial charge in [-0.25, -0.2) is 4.98 Å². The second-order valence-corrected chi connectivity index (χ2v) is 4.39. The van der Waals surface area contributed by atoms with Gasteiger partial charge in [-0.15, -0.1) is 11.3 Å². The second-order valence-electron chi connectivity index (χ2n) is 3.68. The Morgan fingerprint density at radius 2 is 2.24 bits per heavy atom. The first kappa shape index (κ1) is 11.8. The van der Waals surface area contributed by atoms with E-state index in [0.29, 0.717) is 0 Å². The van der Waals surface area contributed by atoms with Crippen molar-refractivity contribution in [2.45, 2.75) is 13.0 Å². The third-order valence-corrected chi connectivity index (χ3v) is 3.13. The average Bonchev–Trinajstić information content (AvgIpc) is 2.88. The number of hydrogen-bond donors (Lipinski definition) is 1. The maximum absolute atomic E-state index is 8.94. The van der Waals surface area contributed by atoms with Gasteiger partial charge in [0.15, 0.2) is 0 Å². The number of rotatable bonds is 5. The number of nitrogens with zero attached hydrogens (tertiary/aromatic N) is 2. The lowest BCUT2D eigenvalue weighted by Gasteiger charge is -2.05. The van der Waals surface area contributed by atoms with Crippen molar-refractivity contribution >= 4 is 11.3 Å². The molecule has 0 atom stereocenters. The third-order valence-electron chi connectivity index (χ3n) is 2.49. The van der Waals surface area contributed by atoms with Crippen LogP contribution in [0.4, 0.5) is 0 Å². The number of hydrogen-bond acceptors (Lipinski definition) is 4. The van der Waals surface area contributed by atoms with E-state index in [1.807, 2.05) is 29.8 Å². The monoisotopic (exact) mass is 243 g/mol. The summed E-state index contributed by atoms with van der Waals surface area (Å²) < 4.78 is 0. The molecule has 0 aliphatic rings. The van der Waals surface area contributed by atoms with Crippen LogP contribution in [0.1, 0.15) is 16.8 Å². The quantitative estimate of drug-likeness (QED) is 0.820. The molecule has 0 amide bonds. The Bertz CT molecular complexity index is 500. The predicted molar refractivity (Wildman–Crippen MR) is 68.7 cm³/mol. The van der Waals surface area contributed by atoms with Gasteiger partial charge in [-0.2, -0.15) is 5.26 Å². The van der Waals surface area contributed by atoms with Gasteiger partial charge < -0.3 is 5.32 Å². The lowest BCUT2D eigenvalue weighted by Crippen LogP contribution is -2.17. The molecule has 0 aliphatic heterocycles. The molecule has 1 aromatic heterocycles. The Hall–Kier alpha value is -1.70. The van der Waals surface area contributed by atoms with Crippen molar-refractivity contribution in [3.8, 4) is 6.07 Å². The van der Waals surface area contributed by atoms with E-state index < -0.39 is 0 Å². The smallest absolute Gasteiger partial charge is 0.0995 e. The molecule has 1 heterocycles. The number of nitrogens with one attached hydrogen (secondary N) is 1. The molecule has 86 valence electrons. The van der Waals surface area contributed by atoms with Gasteiger partial charge in [0, 0.05) is 24.9 Å². The summed E-state index contributed by atoms with van der Waals surface area (Å²) in [7, 11) is 0. The summed E-state index contributed by atoms with van der Waals surface area (Å²) >= 11 is 1.62. The van der Waals surface area contributed by atoms with Crippen LogP contribution in [-0.4, -0.2) is 11.5 Å². The van der Waals surface area contributed by atoms with Gasteiger partial charge in [0.25, 0.3) is 0 Å². The van der Waals surface area contributed by atoms with Crippen molar-refractivity contribution in [2.75, 3.05) is 6.54 Å². The van der Waals surface area contributed by atoms with Crippen LogP contribution in [0.2, 0.25) is 0 Å². The molecule has 0 radical (unpaired) electrons. The maximum atomic E-state index is 8.94. The topological polar surface area (TPSA) is 48.7 Å². The highest BCUT2D eigenvalue weighted by Gasteiger charge is 2.00. The normalized spacial score (nSPS) is 10.1. The van der Waals surface area contributed by atoms with E-state index in [1.54, 1.807) is 11.3 Å². The standard InChI is InChI=1S/C13H13N3S/c14-7-11-3-1-2-4-12(11)8-15-6-5-13-9-17-10-16-13/h1-4,9-10,15H,5-6,8H2. The van der Waals surface area contributed by atoms with E-state index in [4.69, 9.17) is 5.26 Å². The summed E-state index contributed by atoms with van der Waals surface area (Å²) in [6.45, 7) is 1.61. The van der Waals surface area contributed by atoms with Crippen LogP contribution in [0.25, 0.3) is 0 Å². The number of benzene rings is 1. The summed E-state index contributed by atoms with van der Waals surface area (Å²) in [6, 6.07) is 9.87. The minimum absolute atomic E-state index is 0.730. The number of aromatic nitrogens is 1. The lowest BCUT2D eigenvalue weighted by atomic mass is 10.1. The molecule has 4 heteroatoms. The van der Waals surface area contributed by atoms with Gasteiger partial charge in [0.1, 0.15) is 0 Å². The molecule has 0 saturated heterocycles. The zero-order valence-electron chi connectivity index (χ0n) is 9.39. The zero-order valence-corrected chi connectivity index (χ0v) is 10.2. The zero-order chi connectivity index (χ0) is 11.9. The summed E-state index contributed by atoms with van der Waals surface area (Å²) in [5.74, 6) is 0. The molecule has 0 aliphatic carbocycles. The minimum Gasteiger partial charge on any atom is -0.312 e. The fourth-order valence-corrected chi connectivity index (χ4v) is 2.18. The van der Waals surface area contributed by atoms with Crippen LogP contribution in [0.15, 0.2) is 35.2 Å². The van der Waals surface area contributed by atoms with Crippen LogP contribution < -0.4 is 5.32 Å². The Kier molecular flexibility index (Phi) is 4.25. The SMILES string of the molecule is N#Cc1ccccc1CNCCc1cscn1. The molecule has 0 fully saturated rings. The molecule has 0 spiro atoms. The highest BCUT2D eigenvalue weighted by Crippen LogP contribution is 2.06. The van der Waals surface area contributed by atoms with Crippen molar-refractivity contribution in [1.82, 2.24) is 10.3 Å². The molecule has 1 N–H and O–H groups in total. The number of thiazole rings is 1. The maximum Gasteiger partial charge on any atom is 0.0995 e. The Labute approximate surface area is 105 Å².